The van der Waals surface area contributed by atoms with Crippen molar-refractivity contribution < 1.29 is 9.84 Å². The summed E-state index contributed by atoms with van der Waals surface area (Å²) >= 11 is 11.7. The molecule has 2 N–H and O–H groups in total. The molecule has 20 heavy (non-hydrogen) atoms. The van der Waals surface area contributed by atoms with Gasteiger partial charge in [0, 0.05) is 12.6 Å². The Bertz CT molecular complexity index is 424. The Morgan fingerprint density at radius 3 is 2.75 bits per heavy atom. The maximum atomic E-state index is 9.82. The third-order valence-electron chi connectivity index (χ3n) is 3.67. The lowest BCUT2D eigenvalue weighted by Gasteiger charge is -2.25. The topological polar surface area (TPSA) is 41.5 Å². The second-order valence-corrected chi connectivity index (χ2v) is 6.14. The van der Waals surface area contributed by atoms with Crippen LogP contribution in [-0.4, -0.2) is 30.9 Å². The summed E-state index contributed by atoms with van der Waals surface area (Å²) in [5.41, 5.74) is 0. The quantitative estimate of drug-likeness (QED) is 0.721. The number of aliphatic hydroxyl groups excluding tert-OH is 1. The fourth-order valence-electron chi connectivity index (χ4n) is 2.17. The summed E-state index contributed by atoms with van der Waals surface area (Å²) in [6.07, 6.45) is 4.80. The van der Waals surface area contributed by atoms with Crippen molar-refractivity contribution in [1.82, 2.24) is 5.32 Å². The predicted molar refractivity (Wildman–Crippen MR) is 82.8 cm³/mol. The van der Waals surface area contributed by atoms with E-state index in [1.165, 1.54) is 25.7 Å². The highest BCUT2D eigenvalue weighted by atomic mass is 35.5. The van der Waals surface area contributed by atoms with Crippen LogP contribution in [-0.2, 0) is 0 Å². The molecule has 1 aliphatic rings. The Hall–Kier alpha value is -0.480. The molecule has 1 aromatic rings. The van der Waals surface area contributed by atoms with Gasteiger partial charge >= 0.3 is 0 Å². The maximum absolute atomic E-state index is 9.82. The molecule has 2 rings (SSSR count). The van der Waals surface area contributed by atoms with Crippen molar-refractivity contribution in [2.45, 2.75) is 31.8 Å². The van der Waals surface area contributed by atoms with Crippen molar-refractivity contribution in [2.24, 2.45) is 5.92 Å². The van der Waals surface area contributed by atoms with Crippen molar-refractivity contribution >= 4 is 23.2 Å². The monoisotopic (exact) mass is 317 g/mol. The molecule has 1 unspecified atom stereocenters. The third-order valence-corrected chi connectivity index (χ3v) is 4.41. The minimum atomic E-state index is -0.522. The summed E-state index contributed by atoms with van der Waals surface area (Å²) in [7, 11) is 0. The molecular weight excluding hydrogens is 297 g/mol. The van der Waals surface area contributed by atoms with Crippen LogP contribution in [0.2, 0.25) is 10.0 Å². The SMILES string of the molecule is OC(CNCCC1CCC1)COc1ccc(Cl)c(Cl)c1. The molecule has 0 aliphatic heterocycles. The maximum Gasteiger partial charge on any atom is 0.121 e. The molecule has 0 heterocycles. The molecule has 1 aliphatic carbocycles. The first-order chi connectivity index (χ1) is 9.65. The summed E-state index contributed by atoms with van der Waals surface area (Å²) in [4.78, 5) is 0. The van der Waals surface area contributed by atoms with Gasteiger partial charge in [0.15, 0.2) is 0 Å². The first-order valence-corrected chi connectivity index (χ1v) is 7.87. The first kappa shape index (κ1) is 15.9. The average Bonchev–Trinajstić information content (AvgIpc) is 2.38. The van der Waals surface area contributed by atoms with Crippen LogP contribution in [0, 0.1) is 5.92 Å². The minimum absolute atomic E-state index is 0.244. The van der Waals surface area contributed by atoms with Crippen LogP contribution < -0.4 is 10.1 Å². The Labute approximate surface area is 130 Å². The van der Waals surface area contributed by atoms with Gasteiger partial charge in [-0.15, -0.1) is 0 Å². The van der Waals surface area contributed by atoms with E-state index < -0.39 is 6.10 Å². The van der Waals surface area contributed by atoms with Gasteiger partial charge < -0.3 is 15.2 Å². The van der Waals surface area contributed by atoms with Gasteiger partial charge in [-0.2, -0.15) is 0 Å². The van der Waals surface area contributed by atoms with Crippen molar-refractivity contribution in [3.8, 4) is 5.75 Å². The van der Waals surface area contributed by atoms with Crippen LogP contribution >= 0.6 is 23.2 Å². The van der Waals surface area contributed by atoms with Gasteiger partial charge in [0.1, 0.15) is 18.5 Å². The largest absolute Gasteiger partial charge is 0.491 e. The highest BCUT2D eigenvalue weighted by Crippen LogP contribution is 2.28. The van der Waals surface area contributed by atoms with E-state index in [-0.39, 0.29) is 6.61 Å². The summed E-state index contributed by atoms with van der Waals surface area (Å²) in [5.74, 6) is 1.51. The van der Waals surface area contributed by atoms with E-state index in [1.54, 1.807) is 18.2 Å². The molecule has 0 radical (unpaired) electrons. The highest BCUT2D eigenvalue weighted by molar-refractivity contribution is 6.42. The summed E-state index contributed by atoms with van der Waals surface area (Å²) < 4.78 is 5.48. The van der Waals surface area contributed by atoms with Crippen LogP contribution in [0.3, 0.4) is 0 Å². The third kappa shape index (κ3) is 5.13. The fourth-order valence-corrected chi connectivity index (χ4v) is 2.46. The van der Waals surface area contributed by atoms with Gasteiger partial charge in [-0.1, -0.05) is 42.5 Å². The zero-order valence-electron chi connectivity index (χ0n) is 11.4. The zero-order valence-corrected chi connectivity index (χ0v) is 13.0. The molecule has 1 saturated carbocycles. The molecule has 0 spiro atoms. The molecule has 5 heteroatoms. The molecule has 1 aromatic carbocycles. The molecule has 112 valence electrons. The lowest BCUT2D eigenvalue weighted by molar-refractivity contribution is 0.105. The number of aliphatic hydroxyl groups is 1. The van der Waals surface area contributed by atoms with Gasteiger partial charge in [0.05, 0.1) is 10.0 Å². The summed E-state index contributed by atoms with van der Waals surface area (Å²) in [6, 6.07) is 5.08. The van der Waals surface area contributed by atoms with Crippen molar-refractivity contribution in [3.63, 3.8) is 0 Å². The highest BCUT2D eigenvalue weighted by Gasteiger charge is 2.16. The summed E-state index contributed by atoms with van der Waals surface area (Å²) in [5, 5.41) is 14.0. The van der Waals surface area contributed by atoms with E-state index in [4.69, 9.17) is 27.9 Å². The Kier molecular flexibility index (Phi) is 6.43. The smallest absolute Gasteiger partial charge is 0.121 e. The summed E-state index contributed by atoms with van der Waals surface area (Å²) in [6.45, 7) is 1.76. The average molecular weight is 318 g/mol. The predicted octanol–water partition coefficient (Wildman–Crippen LogP) is 3.51. The zero-order chi connectivity index (χ0) is 14.4. The molecule has 0 amide bonds. The minimum Gasteiger partial charge on any atom is -0.491 e. The van der Waals surface area contributed by atoms with E-state index in [0.29, 0.717) is 22.3 Å². The van der Waals surface area contributed by atoms with Gasteiger partial charge in [-0.25, -0.2) is 0 Å². The Morgan fingerprint density at radius 1 is 1.30 bits per heavy atom. The van der Waals surface area contributed by atoms with Gasteiger partial charge in [-0.3, -0.25) is 0 Å². The van der Waals surface area contributed by atoms with Crippen LogP contribution in [0.1, 0.15) is 25.7 Å². The molecule has 1 fully saturated rings. The molecule has 0 saturated heterocycles. The molecule has 3 nitrogen and oxygen atoms in total. The molecule has 0 aromatic heterocycles. The number of hydrogen-bond acceptors (Lipinski definition) is 3. The number of hydrogen-bond donors (Lipinski definition) is 2. The van der Waals surface area contributed by atoms with E-state index in [0.717, 1.165) is 12.5 Å². The number of benzene rings is 1. The van der Waals surface area contributed by atoms with E-state index in [1.807, 2.05) is 0 Å². The first-order valence-electron chi connectivity index (χ1n) is 7.12. The van der Waals surface area contributed by atoms with Crippen molar-refractivity contribution in [3.05, 3.63) is 28.2 Å². The van der Waals surface area contributed by atoms with E-state index in [2.05, 4.69) is 5.32 Å². The van der Waals surface area contributed by atoms with Gasteiger partial charge in [-0.05, 0) is 31.0 Å². The number of nitrogens with one attached hydrogen (secondary N) is 1. The molecular formula is C15H21Cl2NO2. The Balaban J connectivity index is 1.58. The number of halogens is 2. The van der Waals surface area contributed by atoms with Crippen LogP contribution in [0.25, 0.3) is 0 Å². The van der Waals surface area contributed by atoms with Gasteiger partial charge in [0.25, 0.3) is 0 Å². The van der Waals surface area contributed by atoms with Crippen molar-refractivity contribution in [1.29, 1.82) is 0 Å². The van der Waals surface area contributed by atoms with Crippen LogP contribution in [0.5, 0.6) is 5.75 Å². The number of ether oxygens (including phenoxy) is 1. The van der Waals surface area contributed by atoms with E-state index in [9.17, 15) is 5.11 Å². The molecule has 0 bridgehead atoms. The van der Waals surface area contributed by atoms with Crippen molar-refractivity contribution in [2.75, 3.05) is 19.7 Å². The van der Waals surface area contributed by atoms with Crippen LogP contribution in [0.4, 0.5) is 0 Å². The fraction of sp³-hybridized carbons (Fsp3) is 0.600. The molecule has 1 atom stereocenters. The second kappa shape index (κ2) is 8.08. The normalized spacial score (nSPS) is 16.8. The number of rotatable bonds is 8. The second-order valence-electron chi connectivity index (χ2n) is 5.33. The lowest BCUT2D eigenvalue weighted by atomic mass is 9.83. The Morgan fingerprint density at radius 2 is 2.10 bits per heavy atom. The standard InChI is InChI=1S/C15H21Cl2NO2/c16-14-5-4-13(8-15(14)17)20-10-12(19)9-18-7-6-11-2-1-3-11/h4-5,8,11-12,18-19H,1-3,6-7,9-10H2. The lowest BCUT2D eigenvalue weighted by Crippen LogP contribution is -2.33. The van der Waals surface area contributed by atoms with Gasteiger partial charge in [0.2, 0.25) is 0 Å². The van der Waals surface area contributed by atoms with E-state index >= 15 is 0 Å². The van der Waals surface area contributed by atoms with Crippen LogP contribution in [0.15, 0.2) is 18.2 Å².